The molecule has 1 amide bonds. The highest BCUT2D eigenvalue weighted by molar-refractivity contribution is 6.30. The van der Waals surface area contributed by atoms with Gasteiger partial charge >= 0.3 is 0 Å². The first-order chi connectivity index (χ1) is 14.1. The van der Waals surface area contributed by atoms with E-state index in [-0.39, 0.29) is 11.9 Å². The van der Waals surface area contributed by atoms with E-state index in [9.17, 15) is 10.1 Å². The molecule has 29 heavy (non-hydrogen) atoms. The third-order valence-corrected chi connectivity index (χ3v) is 6.32. The summed E-state index contributed by atoms with van der Waals surface area (Å²) in [7, 11) is 2.04. The van der Waals surface area contributed by atoms with E-state index in [0.29, 0.717) is 6.54 Å². The minimum absolute atomic E-state index is 0.0200. The van der Waals surface area contributed by atoms with E-state index < -0.39 is 0 Å². The highest BCUT2D eigenvalue weighted by atomic mass is 16.1. The Labute approximate surface area is 166 Å². The van der Waals surface area contributed by atoms with E-state index in [1.807, 2.05) is 38.2 Å². The fourth-order valence-corrected chi connectivity index (χ4v) is 5.15. The third-order valence-electron chi connectivity index (χ3n) is 6.32. The Kier molecular flexibility index (Phi) is 3.01. The fourth-order valence-electron chi connectivity index (χ4n) is 5.15. The number of fused-ring (bicyclic) bond motifs is 10. The number of nitrogens with zero attached hydrogens (tertiary/aromatic N) is 3. The standard InChI is InChI=1S/C24H18N4O/c1-13(11-25)28-18-10-6-4-8-15(18)19-16-12-26-24(29)21(16)20-14-7-3-5-9-17(14)27(2)22(20)23(19)28/h3-10,13H,12H2,1-2H3,(H,26,29). The van der Waals surface area contributed by atoms with Crippen molar-refractivity contribution in [1.29, 1.82) is 5.26 Å². The second-order valence-electron chi connectivity index (χ2n) is 7.75. The Morgan fingerprint density at radius 3 is 2.38 bits per heavy atom. The summed E-state index contributed by atoms with van der Waals surface area (Å²) in [6.45, 7) is 2.44. The third kappa shape index (κ3) is 1.81. The maximum atomic E-state index is 12.9. The normalized spacial score (nSPS) is 14.6. The number of carbonyl (C=O) groups excluding carboxylic acids is 1. The monoisotopic (exact) mass is 378 g/mol. The zero-order valence-corrected chi connectivity index (χ0v) is 16.2. The van der Waals surface area contributed by atoms with Crippen LogP contribution in [0.25, 0.3) is 43.6 Å². The van der Waals surface area contributed by atoms with Crippen molar-refractivity contribution in [2.75, 3.05) is 0 Å². The minimum atomic E-state index is -0.332. The van der Waals surface area contributed by atoms with Crippen molar-refractivity contribution in [3.05, 3.63) is 59.7 Å². The van der Waals surface area contributed by atoms with Crippen molar-refractivity contribution in [1.82, 2.24) is 14.5 Å². The Morgan fingerprint density at radius 1 is 1.00 bits per heavy atom. The Bertz CT molecular complexity index is 1560. The van der Waals surface area contributed by atoms with Crippen molar-refractivity contribution in [3.63, 3.8) is 0 Å². The van der Waals surface area contributed by atoms with E-state index >= 15 is 0 Å². The average Bonchev–Trinajstić information content (AvgIpc) is 3.38. The molecular formula is C24H18N4O. The second-order valence-corrected chi connectivity index (χ2v) is 7.75. The number of nitrogens with one attached hydrogen (secondary N) is 1. The first kappa shape index (κ1) is 16.2. The quantitative estimate of drug-likeness (QED) is 0.457. The van der Waals surface area contributed by atoms with Gasteiger partial charge in [-0.2, -0.15) is 5.26 Å². The van der Waals surface area contributed by atoms with Gasteiger partial charge < -0.3 is 14.5 Å². The molecule has 1 N–H and O–H groups in total. The van der Waals surface area contributed by atoms with Gasteiger partial charge in [-0.05, 0) is 24.6 Å². The van der Waals surface area contributed by atoms with Crippen LogP contribution in [0.4, 0.5) is 0 Å². The summed E-state index contributed by atoms with van der Waals surface area (Å²) in [5.41, 5.74) is 5.96. The van der Waals surface area contributed by atoms with Gasteiger partial charge in [-0.1, -0.05) is 36.4 Å². The molecule has 5 heteroatoms. The van der Waals surface area contributed by atoms with Crippen LogP contribution in [0.3, 0.4) is 0 Å². The number of rotatable bonds is 1. The van der Waals surface area contributed by atoms with Crippen LogP contribution in [-0.4, -0.2) is 15.0 Å². The molecular weight excluding hydrogens is 360 g/mol. The molecule has 3 aromatic carbocycles. The molecule has 3 heterocycles. The van der Waals surface area contributed by atoms with Crippen LogP contribution in [0.2, 0.25) is 0 Å². The Hall–Kier alpha value is -3.78. The predicted molar refractivity (Wildman–Crippen MR) is 115 cm³/mol. The molecule has 0 saturated carbocycles. The smallest absolute Gasteiger partial charge is 0.252 e. The number of para-hydroxylation sites is 2. The van der Waals surface area contributed by atoms with Gasteiger partial charge in [0.1, 0.15) is 6.04 Å². The molecule has 1 aliphatic rings. The SMILES string of the molecule is CC(C#N)n1c2ccccc2c2c3c(c4c5ccccc5n(C)c4c21)C(=O)NC3. The van der Waals surface area contributed by atoms with Gasteiger partial charge in [0.05, 0.1) is 28.2 Å². The molecule has 0 saturated heterocycles. The molecule has 0 fully saturated rings. The summed E-state index contributed by atoms with van der Waals surface area (Å²) in [6, 6.07) is 18.5. The molecule has 0 bridgehead atoms. The predicted octanol–water partition coefficient (Wildman–Crippen LogP) is 4.77. The van der Waals surface area contributed by atoms with Crippen LogP contribution in [-0.2, 0) is 13.6 Å². The summed E-state index contributed by atoms with van der Waals surface area (Å²) >= 11 is 0. The highest BCUT2D eigenvalue weighted by Crippen LogP contribution is 2.45. The van der Waals surface area contributed by atoms with E-state index in [1.165, 1.54) is 0 Å². The van der Waals surface area contributed by atoms with E-state index in [4.69, 9.17) is 0 Å². The van der Waals surface area contributed by atoms with E-state index in [2.05, 4.69) is 44.8 Å². The van der Waals surface area contributed by atoms with Gasteiger partial charge in [-0.25, -0.2) is 0 Å². The summed E-state index contributed by atoms with van der Waals surface area (Å²) in [5, 5.41) is 17.1. The van der Waals surface area contributed by atoms with Crippen molar-refractivity contribution in [2.24, 2.45) is 7.05 Å². The summed E-state index contributed by atoms with van der Waals surface area (Å²) in [5.74, 6) is -0.0200. The van der Waals surface area contributed by atoms with Gasteiger partial charge in [0, 0.05) is 40.7 Å². The first-order valence-electron chi connectivity index (χ1n) is 9.76. The minimum Gasteiger partial charge on any atom is -0.348 e. The summed E-state index contributed by atoms with van der Waals surface area (Å²) < 4.78 is 4.30. The molecule has 2 aromatic heterocycles. The van der Waals surface area contributed by atoms with Crippen molar-refractivity contribution in [3.8, 4) is 6.07 Å². The van der Waals surface area contributed by atoms with Crippen LogP contribution in [0.15, 0.2) is 48.5 Å². The van der Waals surface area contributed by atoms with Gasteiger partial charge in [-0.15, -0.1) is 0 Å². The molecule has 1 atom stereocenters. The Balaban J connectivity index is 2.05. The number of amides is 1. The van der Waals surface area contributed by atoms with Crippen LogP contribution in [0.5, 0.6) is 0 Å². The zero-order valence-electron chi connectivity index (χ0n) is 16.2. The first-order valence-corrected chi connectivity index (χ1v) is 9.76. The Morgan fingerprint density at radius 2 is 1.66 bits per heavy atom. The summed E-state index contributed by atoms with van der Waals surface area (Å²) in [6.07, 6.45) is 0. The maximum Gasteiger partial charge on any atom is 0.252 e. The summed E-state index contributed by atoms with van der Waals surface area (Å²) in [4.78, 5) is 12.9. The number of aromatic nitrogens is 2. The van der Waals surface area contributed by atoms with Crippen molar-refractivity contribution >= 4 is 49.5 Å². The van der Waals surface area contributed by atoms with Gasteiger partial charge in [0.25, 0.3) is 5.91 Å². The van der Waals surface area contributed by atoms with Gasteiger partial charge in [-0.3, -0.25) is 4.79 Å². The lowest BCUT2D eigenvalue weighted by Gasteiger charge is -2.12. The molecule has 6 rings (SSSR count). The van der Waals surface area contributed by atoms with Crippen LogP contribution in [0.1, 0.15) is 28.9 Å². The van der Waals surface area contributed by atoms with Gasteiger partial charge in [0.15, 0.2) is 0 Å². The number of carbonyl (C=O) groups is 1. The molecule has 0 spiro atoms. The number of aryl methyl sites for hydroxylation is 1. The molecule has 5 nitrogen and oxygen atoms in total. The molecule has 140 valence electrons. The highest BCUT2D eigenvalue weighted by Gasteiger charge is 2.32. The van der Waals surface area contributed by atoms with E-state index in [1.54, 1.807) is 0 Å². The van der Waals surface area contributed by atoms with E-state index in [0.717, 1.165) is 54.7 Å². The number of nitriles is 1. The number of hydrogen-bond donors (Lipinski definition) is 1. The number of benzene rings is 3. The molecule has 1 aliphatic heterocycles. The molecule has 5 aromatic rings. The van der Waals surface area contributed by atoms with Crippen molar-refractivity contribution in [2.45, 2.75) is 19.5 Å². The largest absolute Gasteiger partial charge is 0.348 e. The molecule has 0 aliphatic carbocycles. The second kappa shape index (κ2) is 5.39. The maximum absolute atomic E-state index is 12.9. The van der Waals surface area contributed by atoms with Crippen LogP contribution >= 0.6 is 0 Å². The topological polar surface area (TPSA) is 62.8 Å². The van der Waals surface area contributed by atoms with Gasteiger partial charge in [0.2, 0.25) is 0 Å². The fraction of sp³-hybridized carbons (Fsp3) is 0.167. The lowest BCUT2D eigenvalue weighted by Crippen LogP contribution is -2.12. The number of hydrogen-bond acceptors (Lipinski definition) is 2. The average molecular weight is 378 g/mol. The lowest BCUT2D eigenvalue weighted by atomic mass is 9.97. The van der Waals surface area contributed by atoms with Crippen LogP contribution < -0.4 is 5.32 Å². The zero-order chi connectivity index (χ0) is 19.9. The molecule has 1 unspecified atom stereocenters. The van der Waals surface area contributed by atoms with Crippen molar-refractivity contribution < 1.29 is 4.79 Å². The lowest BCUT2D eigenvalue weighted by molar-refractivity contribution is 0.0967. The molecule has 0 radical (unpaired) electrons. The van der Waals surface area contributed by atoms with Crippen LogP contribution in [0, 0.1) is 11.3 Å².